The average Bonchev–Trinajstić information content (AvgIpc) is 3.30. The van der Waals surface area contributed by atoms with Crippen LogP contribution in [0.4, 0.5) is 0 Å². The third-order valence-corrected chi connectivity index (χ3v) is 5.50. The highest BCUT2D eigenvalue weighted by molar-refractivity contribution is 6.00. The Morgan fingerprint density at radius 3 is 2.90 bits per heavy atom. The molecule has 1 aliphatic carbocycles. The molecule has 30 heavy (non-hydrogen) atoms. The van der Waals surface area contributed by atoms with E-state index in [2.05, 4.69) is 20.4 Å². The maximum absolute atomic E-state index is 13.0. The molecule has 0 aliphatic heterocycles. The first kappa shape index (κ1) is 19.9. The van der Waals surface area contributed by atoms with Gasteiger partial charge in [-0.15, -0.1) is 0 Å². The van der Waals surface area contributed by atoms with Gasteiger partial charge in [-0.1, -0.05) is 6.07 Å². The molecular formula is C22H25N5O3. The number of carbonyl (C=O) groups excluding carboxylic acids is 2. The molecule has 0 spiro atoms. The van der Waals surface area contributed by atoms with Gasteiger partial charge in [0.2, 0.25) is 0 Å². The number of ether oxygens (including phenoxy) is 1. The lowest BCUT2D eigenvalue weighted by Crippen LogP contribution is -2.31. The lowest BCUT2D eigenvalue weighted by Gasteiger charge is -2.24. The van der Waals surface area contributed by atoms with E-state index in [4.69, 9.17) is 4.74 Å². The standard InChI is InChI=1S/C22H25N5O3/c1-4-30-22(29)19-13(2)20(25-14(19)3)21(28)26-16-8-7-9-17-15(16)12-24-27(17)18-10-5-6-11-23-18/h5-6,10-12,16,25H,4,7-9H2,1-3H3,(H,26,28). The van der Waals surface area contributed by atoms with Crippen LogP contribution in [0, 0.1) is 13.8 Å². The summed E-state index contributed by atoms with van der Waals surface area (Å²) in [6, 6.07) is 5.56. The molecule has 8 nitrogen and oxygen atoms in total. The van der Waals surface area contributed by atoms with Crippen LogP contribution < -0.4 is 5.32 Å². The number of aromatic amines is 1. The van der Waals surface area contributed by atoms with Gasteiger partial charge in [-0.25, -0.2) is 14.5 Å². The summed E-state index contributed by atoms with van der Waals surface area (Å²) in [4.78, 5) is 32.7. The molecule has 1 unspecified atom stereocenters. The quantitative estimate of drug-likeness (QED) is 0.633. The van der Waals surface area contributed by atoms with Gasteiger partial charge >= 0.3 is 5.97 Å². The number of nitrogens with one attached hydrogen (secondary N) is 2. The van der Waals surface area contributed by atoms with Crippen LogP contribution in [0.25, 0.3) is 5.82 Å². The number of aromatic nitrogens is 4. The maximum atomic E-state index is 13.0. The maximum Gasteiger partial charge on any atom is 0.340 e. The molecule has 3 aromatic heterocycles. The van der Waals surface area contributed by atoms with Crippen molar-refractivity contribution in [3.8, 4) is 5.82 Å². The summed E-state index contributed by atoms with van der Waals surface area (Å²) in [6.07, 6.45) is 6.20. The minimum Gasteiger partial charge on any atom is -0.462 e. The second-order valence-corrected chi connectivity index (χ2v) is 7.41. The van der Waals surface area contributed by atoms with Crippen molar-refractivity contribution in [2.75, 3.05) is 6.61 Å². The molecule has 3 heterocycles. The number of rotatable bonds is 5. The smallest absolute Gasteiger partial charge is 0.340 e. The van der Waals surface area contributed by atoms with Crippen LogP contribution in [0.1, 0.15) is 69.2 Å². The first-order valence-electron chi connectivity index (χ1n) is 10.2. The molecule has 1 aliphatic rings. The van der Waals surface area contributed by atoms with E-state index in [-0.39, 0.29) is 18.6 Å². The molecular weight excluding hydrogens is 382 g/mol. The minimum atomic E-state index is -0.417. The van der Waals surface area contributed by atoms with E-state index in [1.54, 1.807) is 27.0 Å². The van der Waals surface area contributed by atoms with E-state index in [0.29, 0.717) is 22.5 Å². The Bertz CT molecular complexity index is 1080. The molecule has 1 amide bonds. The Balaban J connectivity index is 1.59. The van der Waals surface area contributed by atoms with E-state index in [1.165, 1.54) is 0 Å². The summed E-state index contributed by atoms with van der Waals surface area (Å²) < 4.78 is 6.96. The molecule has 8 heteroatoms. The first-order chi connectivity index (χ1) is 14.5. The number of nitrogens with zero attached hydrogens (tertiary/aromatic N) is 3. The Morgan fingerprint density at radius 2 is 2.17 bits per heavy atom. The molecule has 4 rings (SSSR count). The Kier molecular flexibility index (Phi) is 5.39. The summed E-state index contributed by atoms with van der Waals surface area (Å²) in [5.41, 5.74) is 4.12. The molecule has 0 aromatic carbocycles. The number of pyridine rings is 1. The monoisotopic (exact) mass is 407 g/mol. The van der Waals surface area contributed by atoms with Crippen LogP contribution in [0.2, 0.25) is 0 Å². The van der Waals surface area contributed by atoms with Crippen molar-refractivity contribution in [2.24, 2.45) is 0 Å². The molecule has 2 N–H and O–H groups in total. The fraction of sp³-hybridized carbons (Fsp3) is 0.364. The second kappa shape index (κ2) is 8.14. The minimum absolute atomic E-state index is 0.146. The summed E-state index contributed by atoms with van der Waals surface area (Å²) in [6.45, 7) is 5.58. The van der Waals surface area contributed by atoms with Gasteiger partial charge in [0.1, 0.15) is 5.69 Å². The van der Waals surface area contributed by atoms with Crippen molar-refractivity contribution in [1.29, 1.82) is 0 Å². The van der Waals surface area contributed by atoms with Crippen LogP contribution in [-0.2, 0) is 11.2 Å². The number of hydrogen-bond donors (Lipinski definition) is 2. The van der Waals surface area contributed by atoms with Crippen LogP contribution in [0.15, 0.2) is 30.6 Å². The molecule has 3 aromatic rings. The molecule has 0 saturated carbocycles. The lowest BCUT2D eigenvalue weighted by atomic mass is 9.92. The van der Waals surface area contributed by atoms with Crippen LogP contribution in [0.3, 0.4) is 0 Å². The van der Waals surface area contributed by atoms with Gasteiger partial charge in [-0.05, 0) is 57.7 Å². The highest BCUT2D eigenvalue weighted by atomic mass is 16.5. The summed E-state index contributed by atoms with van der Waals surface area (Å²) in [7, 11) is 0. The van der Waals surface area contributed by atoms with Crippen molar-refractivity contribution in [3.05, 3.63) is 64.4 Å². The van der Waals surface area contributed by atoms with Crippen LogP contribution >= 0.6 is 0 Å². The Labute approximate surface area is 174 Å². The van der Waals surface area contributed by atoms with Gasteiger partial charge in [0, 0.05) is 17.5 Å². The van der Waals surface area contributed by atoms with E-state index in [9.17, 15) is 9.59 Å². The highest BCUT2D eigenvalue weighted by Gasteiger charge is 2.29. The van der Waals surface area contributed by atoms with Crippen molar-refractivity contribution < 1.29 is 14.3 Å². The van der Waals surface area contributed by atoms with E-state index < -0.39 is 5.97 Å². The van der Waals surface area contributed by atoms with Gasteiger partial charge in [0.25, 0.3) is 5.91 Å². The predicted octanol–water partition coefficient (Wildman–Crippen LogP) is 3.20. The van der Waals surface area contributed by atoms with E-state index >= 15 is 0 Å². The summed E-state index contributed by atoms with van der Waals surface area (Å²) >= 11 is 0. The van der Waals surface area contributed by atoms with Crippen molar-refractivity contribution >= 4 is 11.9 Å². The van der Waals surface area contributed by atoms with Gasteiger partial charge in [-0.2, -0.15) is 5.10 Å². The number of aryl methyl sites for hydroxylation is 1. The van der Waals surface area contributed by atoms with Crippen LogP contribution in [-0.4, -0.2) is 38.2 Å². The SMILES string of the molecule is CCOC(=O)c1c(C)[nH]c(C(=O)NC2CCCc3c2cnn3-c2ccccn2)c1C. The summed E-state index contributed by atoms with van der Waals surface area (Å²) in [5, 5.41) is 7.62. The fourth-order valence-electron chi connectivity index (χ4n) is 4.10. The normalized spacial score (nSPS) is 15.5. The molecule has 0 fully saturated rings. The fourth-order valence-corrected chi connectivity index (χ4v) is 4.10. The van der Waals surface area contributed by atoms with Crippen molar-refractivity contribution in [2.45, 2.75) is 46.1 Å². The first-order valence-corrected chi connectivity index (χ1v) is 10.2. The molecule has 0 bridgehead atoms. The molecule has 1 atom stereocenters. The van der Waals surface area contributed by atoms with E-state index in [0.717, 1.165) is 36.3 Å². The molecule has 0 radical (unpaired) electrons. The zero-order chi connectivity index (χ0) is 21.3. The zero-order valence-corrected chi connectivity index (χ0v) is 17.4. The summed E-state index contributed by atoms with van der Waals surface area (Å²) in [5.74, 6) is 0.106. The van der Waals surface area contributed by atoms with Gasteiger partial charge in [0.15, 0.2) is 5.82 Å². The number of carbonyl (C=O) groups is 2. The molecule has 156 valence electrons. The predicted molar refractivity (Wildman–Crippen MR) is 111 cm³/mol. The van der Waals surface area contributed by atoms with Gasteiger partial charge < -0.3 is 15.0 Å². The Hall–Kier alpha value is -3.42. The number of hydrogen-bond acceptors (Lipinski definition) is 5. The zero-order valence-electron chi connectivity index (χ0n) is 17.4. The third-order valence-electron chi connectivity index (χ3n) is 5.50. The second-order valence-electron chi connectivity index (χ2n) is 7.41. The van der Waals surface area contributed by atoms with Crippen LogP contribution in [0.5, 0.6) is 0 Å². The number of H-pyrrole nitrogens is 1. The number of esters is 1. The van der Waals surface area contributed by atoms with Gasteiger partial charge in [-0.3, -0.25) is 4.79 Å². The highest BCUT2D eigenvalue weighted by Crippen LogP contribution is 2.31. The van der Waals surface area contributed by atoms with Gasteiger partial charge in [0.05, 0.1) is 30.1 Å². The Morgan fingerprint density at radius 1 is 1.33 bits per heavy atom. The van der Waals surface area contributed by atoms with Crippen molar-refractivity contribution in [3.63, 3.8) is 0 Å². The lowest BCUT2D eigenvalue weighted by molar-refractivity contribution is 0.0525. The third kappa shape index (κ3) is 3.49. The molecule has 0 saturated heterocycles. The van der Waals surface area contributed by atoms with Crippen molar-refractivity contribution in [1.82, 2.24) is 25.1 Å². The average molecular weight is 407 g/mol. The topological polar surface area (TPSA) is 102 Å². The van der Waals surface area contributed by atoms with E-state index in [1.807, 2.05) is 29.1 Å². The largest absolute Gasteiger partial charge is 0.462 e. The number of fused-ring (bicyclic) bond motifs is 1. The number of amides is 1.